The summed E-state index contributed by atoms with van der Waals surface area (Å²) in [5.41, 5.74) is 4.88. The van der Waals surface area contributed by atoms with Gasteiger partial charge in [0, 0.05) is 16.8 Å². The van der Waals surface area contributed by atoms with Gasteiger partial charge in [0.1, 0.15) is 11.3 Å². The van der Waals surface area contributed by atoms with Gasteiger partial charge in [-0.3, -0.25) is 4.79 Å². The zero-order chi connectivity index (χ0) is 23.4. The lowest BCUT2D eigenvalue weighted by molar-refractivity contribution is 0.102. The van der Waals surface area contributed by atoms with Gasteiger partial charge >= 0.3 is 0 Å². The second kappa shape index (κ2) is 9.90. The Hall–Kier alpha value is -3.60. The van der Waals surface area contributed by atoms with E-state index in [9.17, 15) is 4.79 Å². The molecule has 0 spiro atoms. The summed E-state index contributed by atoms with van der Waals surface area (Å²) in [4.78, 5) is 17.5. The average Bonchev–Trinajstić information content (AvgIpc) is 3.27. The molecule has 2 atom stereocenters. The van der Waals surface area contributed by atoms with Crippen molar-refractivity contribution >= 4 is 22.7 Å². The fourth-order valence-electron chi connectivity index (χ4n) is 3.57. The molecule has 3 aromatic carbocycles. The summed E-state index contributed by atoms with van der Waals surface area (Å²) in [7, 11) is 0. The number of carbonyl (C=O) groups is 1. The molecule has 0 fully saturated rings. The lowest BCUT2D eigenvalue weighted by atomic mass is 9.98. The summed E-state index contributed by atoms with van der Waals surface area (Å²) in [5.74, 6) is 1.50. The Balaban J connectivity index is 1.54. The molecule has 0 saturated carbocycles. The topological polar surface area (TPSA) is 64.4 Å². The molecular formula is C28H30N2O3. The molecule has 0 radical (unpaired) electrons. The van der Waals surface area contributed by atoms with Crippen LogP contribution in [0.4, 0.5) is 5.69 Å². The molecule has 5 heteroatoms. The zero-order valence-electron chi connectivity index (χ0n) is 19.6. The van der Waals surface area contributed by atoms with Crippen molar-refractivity contribution in [3.8, 4) is 17.2 Å². The van der Waals surface area contributed by atoms with Gasteiger partial charge in [-0.25, -0.2) is 4.98 Å². The molecule has 170 valence electrons. The van der Waals surface area contributed by atoms with Gasteiger partial charge < -0.3 is 14.5 Å². The van der Waals surface area contributed by atoms with Crippen molar-refractivity contribution in [3.63, 3.8) is 0 Å². The first-order valence-corrected chi connectivity index (χ1v) is 11.6. The minimum Gasteiger partial charge on any atom is -0.491 e. The molecular weight excluding hydrogens is 412 g/mol. The smallest absolute Gasteiger partial charge is 0.255 e. The van der Waals surface area contributed by atoms with Gasteiger partial charge in [0.25, 0.3) is 5.91 Å². The molecule has 5 nitrogen and oxygen atoms in total. The van der Waals surface area contributed by atoms with Gasteiger partial charge in [-0.15, -0.1) is 0 Å². The first-order chi connectivity index (χ1) is 16.0. The van der Waals surface area contributed by atoms with Crippen LogP contribution < -0.4 is 10.1 Å². The number of amides is 1. The lowest BCUT2D eigenvalue weighted by Gasteiger charge is -2.13. The van der Waals surface area contributed by atoms with E-state index in [-0.39, 0.29) is 12.0 Å². The van der Waals surface area contributed by atoms with Crippen molar-refractivity contribution in [3.05, 3.63) is 77.9 Å². The molecule has 0 aliphatic carbocycles. The largest absolute Gasteiger partial charge is 0.491 e. The molecule has 33 heavy (non-hydrogen) atoms. The van der Waals surface area contributed by atoms with E-state index in [1.165, 1.54) is 5.56 Å². The minimum atomic E-state index is -0.197. The SMILES string of the molecule is CC[C@H](C)Oc1cccc(C(=O)Nc2cccc(-c3nc4cc([C@@H](C)CC)ccc4o3)c2)c1. The molecule has 0 aliphatic rings. The number of hydrogen-bond donors (Lipinski definition) is 1. The van der Waals surface area contributed by atoms with Crippen molar-refractivity contribution in [1.82, 2.24) is 4.98 Å². The molecule has 1 N–H and O–H groups in total. The summed E-state index contributed by atoms with van der Waals surface area (Å²) >= 11 is 0. The first kappa shape index (κ1) is 22.6. The zero-order valence-corrected chi connectivity index (χ0v) is 19.6. The molecule has 0 unspecified atom stereocenters. The highest BCUT2D eigenvalue weighted by Gasteiger charge is 2.13. The van der Waals surface area contributed by atoms with Crippen molar-refractivity contribution in [2.24, 2.45) is 0 Å². The molecule has 0 bridgehead atoms. The van der Waals surface area contributed by atoms with Crippen LogP contribution >= 0.6 is 0 Å². The van der Waals surface area contributed by atoms with Gasteiger partial charge in [0.2, 0.25) is 5.89 Å². The van der Waals surface area contributed by atoms with E-state index in [1.54, 1.807) is 12.1 Å². The van der Waals surface area contributed by atoms with Crippen molar-refractivity contribution in [2.75, 3.05) is 5.32 Å². The molecule has 0 saturated heterocycles. The first-order valence-electron chi connectivity index (χ1n) is 11.6. The number of anilines is 1. The lowest BCUT2D eigenvalue weighted by Crippen LogP contribution is -2.13. The number of rotatable bonds is 8. The summed E-state index contributed by atoms with van der Waals surface area (Å²) < 4.78 is 11.8. The average molecular weight is 443 g/mol. The van der Waals surface area contributed by atoms with Gasteiger partial charge in [0.15, 0.2) is 5.58 Å². The van der Waals surface area contributed by atoms with E-state index in [1.807, 2.05) is 49.4 Å². The third-order valence-corrected chi connectivity index (χ3v) is 5.97. The van der Waals surface area contributed by atoms with Crippen LogP contribution in [0.5, 0.6) is 5.75 Å². The number of benzene rings is 3. The number of oxazole rings is 1. The number of carbonyl (C=O) groups excluding carboxylic acids is 1. The van der Waals surface area contributed by atoms with Gasteiger partial charge in [0.05, 0.1) is 6.10 Å². The monoisotopic (exact) mass is 442 g/mol. The predicted octanol–water partition coefficient (Wildman–Crippen LogP) is 7.44. The number of aromatic nitrogens is 1. The quantitative estimate of drug-likeness (QED) is 0.308. The van der Waals surface area contributed by atoms with Crippen molar-refractivity contribution < 1.29 is 13.9 Å². The summed E-state index contributed by atoms with van der Waals surface area (Å²) in [6, 6.07) is 20.9. The summed E-state index contributed by atoms with van der Waals surface area (Å²) in [6.07, 6.45) is 2.07. The number of hydrogen-bond acceptors (Lipinski definition) is 4. The maximum atomic E-state index is 12.8. The molecule has 1 aromatic heterocycles. The van der Waals surface area contributed by atoms with E-state index in [0.29, 0.717) is 28.8 Å². The highest BCUT2D eigenvalue weighted by Crippen LogP contribution is 2.29. The number of ether oxygens (including phenoxy) is 1. The molecule has 1 amide bonds. The number of nitrogens with one attached hydrogen (secondary N) is 1. The van der Waals surface area contributed by atoms with Crippen molar-refractivity contribution in [2.45, 2.75) is 52.6 Å². The van der Waals surface area contributed by atoms with E-state index in [4.69, 9.17) is 14.1 Å². The van der Waals surface area contributed by atoms with Crippen LogP contribution in [0.3, 0.4) is 0 Å². The van der Waals surface area contributed by atoms with Crippen LogP contribution in [-0.2, 0) is 0 Å². The molecule has 1 heterocycles. The van der Waals surface area contributed by atoms with E-state index < -0.39 is 0 Å². The maximum absolute atomic E-state index is 12.8. The van der Waals surface area contributed by atoms with Gasteiger partial charge in [-0.05, 0) is 79.8 Å². The van der Waals surface area contributed by atoms with Crippen molar-refractivity contribution in [1.29, 1.82) is 0 Å². The Bertz CT molecular complexity index is 1260. The van der Waals surface area contributed by atoms with E-state index in [0.717, 1.165) is 29.5 Å². The highest BCUT2D eigenvalue weighted by atomic mass is 16.5. The summed E-state index contributed by atoms with van der Waals surface area (Å²) in [6.45, 7) is 8.46. The van der Waals surface area contributed by atoms with Crippen LogP contribution in [0.15, 0.2) is 71.1 Å². The Kier molecular flexibility index (Phi) is 6.78. The Morgan fingerprint density at radius 1 is 1.00 bits per heavy atom. The third kappa shape index (κ3) is 5.25. The highest BCUT2D eigenvalue weighted by molar-refractivity contribution is 6.04. The Labute approximate surface area is 194 Å². The Morgan fingerprint density at radius 2 is 1.82 bits per heavy atom. The van der Waals surface area contributed by atoms with Gasteiger partial charge in [-0.2, -0.15) is 0 Å². The van der Waals surface area contributed by atoms with Crippen LogP contribution in [0.2, 0.25) is 0 Å². The predicted molar refractivity (Wildman–Crippen MR) is 133 cm³/mol. The normalized spacial score (nSPS) is 13.0. The fourth-order valence-corrected chi connectivity index (χ4v) is 3.57. The van der Waals surface area contributed by atoms with E-state index in [2.05, 4.69) is 38.2 Å². The number of nitrogens with zero attached hydrogens (tertiary/aromatic N) is 1. The van der Waals surface area contributed by atoms with Crippen LogP contribution in [0.1, 0.15) is 62.4 Å². The summed E-state index contributed by atoms with van der Waals surface area (Å²) in [5, 5.41) is 2.96. The maximum Gasteiger partial charge on any atom is 0.255 e. The van der Waals surface area contributed by atoms with Crippen LogP contribution in [0.25, 0.3) is 22.6 Å². The fraction of sp³-hybridized carbons (Fsp3) is 0.286. The van der Waals surface area contributed by atoms with Gasteiger partial charge in [-0.1, -0.05) is 39.0 Å². The Morgan fingerprint density at radius 3 is 2.61 bits per heavy atom. The standard InChI is InChI=1S/C28H30N2O3/c1-5-18(3)20-13-14-26-25(17-20)30-28(33-26)22-10-7-11-23(15-22)29-27(31)21-9-8-12-24(16-21)32-19(4)6-2/h7-19H,5-6H2,1-4H3,(H,29,31)/t18-,19-/m0/s1. The molecule has 4 rings (SSSR count). The van der Waals surface area contributed by atoms with E-state index >= 15 is 0 Å². The molecule has 4 aromatic rings. The second-order valence-corrected chi connectivity index (χ2v) is 8.45. The third-order valence-electron chi connectivity index (χ3n) is 5.97. The molecule has 0 aliphatic heterocycles. The number of fused-ring (bicyclic) bond motifs is 1. The second-order valence-electron chi connectivity index (χ2n) is 8.45. The van der Waals surface area contributed by atoms with Crippen LogP contribution in [0, 0.1) is 0 Å². The van der Waals surface area contributed by atoms with Crippen LogP contribution in [-0.4, -0.2) is 17.0 Å². The minimum absolute atomic E-state index is 0.0950.